The summed E-state index contributed by atoms with van der Waals surface area (Å²) in [5, 5.41) is 0. The number of benzene rings is 2. The minimum atomic E-state index is -0.0417. The lowest BCUT2D eigenvalue weighted by molar-refractivity contribution is 0.104. The standard InChI is InChI=1S/C22H24BrNO4/c1-3-28-21-14-16(13-19(23)22(21)26-2)7-8-20(25)17-5-4-6-18(15-17)24-9-11-27-12-10-24/h4-8,13-15H,3,9-12H2,1-2H3/b8-7+. The van der Waals surface area contributed by atoms with Crippen molar-refractivity contribution < 1.29 is 19.0 Å². The number of rotatable bonds is 7. The summed E-state index contributed by atoms with van der Waals surface area (Å²) in [6.45, 7) is 5.56. The molecule has 6 heteroatoms. The summed E-state index contributed by atoms with van der Waals surface area (Å²) in [7, 11) is 1.60. The van der Waals surface area contributed by atoms with Gasteiger partial charge in [0.2, 0.25) is 0 Å². The molecule has 1 saturated heterocycles. The van der Waals surface area contributed by atoms with Crippen molar-refractivity contribution in [3.63, 3.8) is 0 Å². The number of hydrogen-bond donors (Lipinski definition) is 0. The molecule has 0 unspecified atom stereocenters. The quantitative estimate of drug-likeness (QED) is 0.460. The first-order chi connectivity index (χ1) is 13.6. The molecular formula is C22H24BrNO4. The number of carbonyl (C=O) groups excluding carboxylic acids is 1. The molecule has 148 valence electrons. The summed E-state index contributed by atoms with van der Waals surface area (Å²) >= 11 is 3.49. The van der Waals surface area contributed by atoms with Crippen LogP contribution in [0.3, 0.4) is 0 Å². The van der Waals surface area contributed by atoms with Crippen molar-refractivity contribution in [3.05, 3.63) is 58.1 Å². The predicted octanol–water partition coefficient (Wildman–Crippen LogP) is 4.59. The van der Waals surface area contributed by atoms with Crippen molar-refractivity contribution in [1.82, 2.24) is 0 Å². The molecule has 0 atom stereocenters. The number of morpholine rings is 1. The highest BCUT2D eigenvalue weighted by atomic mass is 79.9. The third-order valence-corrected chi connectivity index (χ3v) is 5.06. The Bertz CT molecular complexity index is 860. The molecule has 0 spiro atoms. The first kappa shape index (κ1) is 20.4. The van der Waals surface area contributed by atoms with Crippen LogP contribution >= 0.6 is 15.9 Å². The van der Waals surface area contributed by atoms with E-state index in [0.717, 1.165) is 28.8 Å². The van der Waals surface area contributed by atoms with E-state index in [1.807, 2.05) is 43.3 Å². The van der Waals surface area contributed by atoms with Gasteiger partial charge in [-0.05, 0) is 58.8 Å². The monoisotopic (exact) mass is 445 g/mol. The van der Waals surface area contributed by atoms with Crippen molar-refractivity contribution in [2.75, 3.05) is 44.9 Å². The second-order valence-corrected chi connectivity index (χ2v) is 7.17. The van der Waals surface area contributed by atoms with Gasteiger partial charge in [-0.25, -0.2) is 0 Å². The van der Waals surface area contributed by atoms with Gasteiger partial charge in [0.15, 0.2) is 17.3 Å². The normalized spacial score (nSPS) is 14.3. The van der Waals surface area contributed by atoms with Crippen molar-refractivity contribution in [1.29, 1.82) is 0 Å². The molecule has 3 rings (SSSR count). The number of methoxy groups -OCH3 is 1. The summed E-state index contributed by atoms with van der Waals surface area (Å²) in [6.07, 6.45) is 3.37. The number of nitrogens with zero attached hydrogens (tertiary/aromatic N) is 1. The molecule has 1 aliphatic heterocycles. The van der Waals surface area contributed by atoms with Crippen LogP contribution < -0.4 is 14.4 Å². The van der Waals surface area contributed by atoms with Gasteiger partial charge in [0, 0.05) is 24.3 Å². The fourth-order valence-corrected chi connectivity index (χ4v) is 3.71. The van der Waals surface area contributed by atoms with E-state index in [4.69, 9.17) is 14.2 Å². The van der Waals surface area contributed by atoms with E-state index in [0.29, 0.717) is 36.9 Å². The minimum absolute atomic E-state index is 0.0417. The molecule has 0 radical (unpaired) electrons. The molecule has 0 saturated carbocycles. The maximum absolute atomic E-state index is 12.7. The number of ether oxygens (including phenoxy) is 3. The van der Waals surface area contributed by atoms with Gasteiger partial charge in [-0.1, -0.05) is 18.2 Å². The van der Waals surface area contributed by atoms with Crippen LogP contribution in [0.4, 0.5) is 5.69 Å². The maximum atomic E-state index is 12.7. The first-order valence-electron chi connectivity index (χ1n) is 9.28. The van der Waals surface area contributed by atoms with Crippen LogP contribution in [0.2, 0.25) is 0 Å². The summed E-state index contributed by atoms with van der Waals surface area (Å²) in [4.78, 5) is 14.9. The largest absolute Gasteiger partial charge is 0.492 e. The Hall–Kier alpha value is -2.31. The number of halogens is 1. The van der Waals surface area contributed by atoms with Gasteiger partial charge in [0.1, 0.15) is 0 Å². The Kier molecular flexibility index (Phi) is 7.12. The smallest absolute Gasteiger partial charge is 0.185 e. The summed E-state index contributed by atoms with van der Waals surface area (Å²) in [5.74, 6) is 1.24. The molecule has 0 bridgehead atoms. The lowest BCUT2D eigenvalue weighted by atomic mass is 10.1. The van der Waals surface area contributed by atoms with Crippen LogP contribution in [-0.4, -0.2) is 45.8 Å². The van der Waals surface area contributed by atoms with E-state index >= 15 is 0 Å². The van der Waals surface area contributed by atoms with Gasteiger partial charge in [-0.3, -0.25) is 4.79 Å². The molecule has 5 nitrogen and oxygen atoms in total. The number of hydrogen-bond acceptors (Lipinski definition) is 5. The molecule has 1 fully saturated rings. The molecule has 2 aromatic carbocycles. The number of carbonyl (C=O) groups is 1. The van der Waals surface area contributed by atoms with Crippen LogP contribution in [0.25, 0.3) is 6.08 Å². The highest BCUT2D eigenvalue weighted by Gasteiger charge is 2.13. The lowest BCUT2D eigenvalue weighted by Crippen LogP contribution is -2.36. The van der Waals surface area contributed by atoms with E-state index in [9.17, 15) is 4.79 Å². The summed E-state index contributed by atoms with van der Waals surface area (Å²) in [6, 6.07) is 11.5. The topological polar surface area (TPSA) is 48.0 Å². The molecule has 0 N–H and O–H groups in total. The fourth-order valence-electron chi connectivity index (χ4n) is 3.09. The third-order valence-electron chi connectivity index (χ3n) is 4.47. The number of allylic oxidation sites excluding steroid dienone is 1. The van der Waals surface area contributed by atoms with Crippen molar-refractivity contribution in [3.8, 4) is 11.5 Å². The summed E-state index contributed by atoms with van der Waals surface area (Å²) in [5.41, 5.74) is 2.57. The predicted molar refractivity (Wildman–Crippen MR) is 115 cm³/mol. The Morgan fingerprint density at radius 3 is 2.75 bits per heavy atom. The molecular weight excluding hydrogens is 422 g/mol. The molecule has 1 aliphatic rings. The fraction of sp³-hybridized carbons (Fsp3) is 0.318. The zero-order chi connectivity index (χ0) is 19.9. The first-order valence-corrected chi connectivity index (χ1v) is 10.1. The SMILES string of the molecule is CCOc1cc(/C=C/C(=O)c2cccc(N3CCOCC3)c2)cc(Br)c1OC. The van der Waals surface area contributed by atoms with Gasteiger partial charge in [-0.15, -0.1) is 0 Å². The van der Waals surface area contributed by atoms with Gasteiger partial charge >= 0.3 is 0 Å². The zero-order valence-corrected chi connectivity index (χ0v) is 17.7. The highest BCUT2D eigenvalue weighted by Crippen LogP contribution is 2.37. The lowest BCUT2D eigenvalue weighted by Gasteiger charge is -2.29. The van der Waals surface area contributed by atoms with E-state index in [2.05, 4.69) is 20.8 Å². The molecule has 1 heterocycles. The van der Waals surface area contributed by atoms with E-state index in [-0.39, 0.29) is 5.78 Å². The van der Waals surface area contributed by atoms with Crippen LogP contribution in [0.1, 0.15) is 22.8 Å². The Balaban J connectivity index is 1.78. The van der Waals surface area contributed by atoms with Gasteiger partial charge < -0.3 is 19.1 Å². The van der Waals surface area contributed by atoms with Crippen LogP contribution in [0.5, 0.6) is 11.5 Å². The third kappa shape index (κ3) is 4.94. The minimum Gasteiger partial charge on any atom is -0.492 e. The van der Waals surface area contributed by atoms with Crippen molar-refractivity contribution in [2.24, 2.45) is 0 Å². The van der Waals surface area contributed by atoms with Gasteiger partial charge in [-0.2, -0.15) is 0 Å². The maximum Gasteiger partial charge on any atom is 0.185 e. The number of anilines is 1. The van der Waals surface area contributed by atoms with Crippen LogP contribution in [-0.2, 0) is 4.74 Å². The van der Waals surface area contributed by atoms with Crippen LogP contribution in [0.15, 0.2) is 46.9 Å². The second kappa shape index (κ2) is 9.75. The Morgan fingerprint density at radius 2 is 2.04 bits per heavy atom. The molecule has 0 amide bonds. The Labute approximate surface area is 174 Å². The van der Waals surface area contributed by atoms with Gasteiger partial charge in [0.25, 0.3) is 0 Å². The molecule has 28 heavy (non-hydrogen) atoms. The molecule has 0 aliphatic carbocycles. The van der Waals surface area contributed by atoms with Crippen LogP contribution in [0, 0.1) is 0 Å². The zero-order valence-electron chi connectivity index (χ0n) is 16.1. The van der Waals surface area contributed by atoms with E-state index in [1.165, 1.54) is 0 Å². The average Bonchev–Trinajstić information content (AvgIpc) is 2.73. The summed E-state index contributed by atoms with van der Waals surface area (Å²) < 4.78 is 17.2. The number of ketones is 1. The van der Waals surface area contributed by atoms with E-state index < -0.39 is 0 Å². The van der Waals surface area contributed by atoms with E-state index in [1.54, 1.807) is 19.3 Å². The van der Waals surface area contributed by atoms with Crippen molar-refractivity contribution in [2.45, 2.75) is 6.92 Å². The molecule has 2 aromatic rings. The second-order valence-electron chi connectivity index (χ2n) is 6.31. The van der Waals surface area contributed by atoms with Crippen molar-refractivity contribution >= 4 is 33.5 Å². The molecule has 0 aromatic heterocycles. The average molecular weight is 446 g/mol. The highest BCUT2D eigenvalue weighted by molar-refractivity contribution is 9.10. The Morgan fingerprint density at radius 1 is 1.25 bits per heavy atom. The van der Waals surface area contributed by atoms with Gasteiger partial charge in [0.05, 0.1) is 31.4 Å².